The first-order chi connectivity index (χ1) is 8.66. The van der Waals surface area contributed by atoms with Gasteiger partial charge in [-0.25, -0.2) is 9.78 Å². The summed E-state index contributed by atoms with van der Waals surface area (Å²) < 4.78 is 2.79. The molecule has 2 heterocycles. The second-order valence-corrected chi connectivity index (χ2v) is 4.89. The summed E-state index contributed by atoms with van der Waals surface area (Å²) in [4.78, 5) is 15.2. The zero-order chi connectivity index (χ0) is 12.7. The first kappa shape index (κ1) is 11.0. The Morgan fingerprint density at radius 1 is 1.33 bits per heavy atom. The average Bonchev–Trinajstić information content (AvgIpc) is 2.93. The summed E-state index contributed by atoms with van der Waals surface area (Å²) in [5.74, 6) is -0.914. The highest BCUT2D eigenvalue weighted by Gasteiger charge is 2.12. The van der Waals surface area contributed by atoms with Gasteiger partial charge in [0.2, 0.25) is 0 Å². The van der Waals surface area contributed by atoms with Gasteiger partial charge in [0.25, 0.3) is 0 Å². The third-order valence-electron chi connectivity index (χ3n) is 2.97. The number of hydrogen-bond donors (Lipinski definition) is 1. The fraction of sp³-hybridized carbons (Fsp3) is 0.0769. The van der Waals surface area contributed by atoms with Crippen LogP contribution in [0, 0.1) is 0 Å². The van der Waals surface area contributed by atoms with Crippen LogP contribution >= 0.6 is 11.3 Å². The Hall–Kier alpha value is -2.14. The van der Waals surface area contributed by atoms with Crippen LogP contribution in [0.4, 0.5) is 0 Å². The Labute approximate surface area is 107 Å². The Kier molecular flexibility index (Phi) is 2.41. The molecule has 1 aromatic carbocycles. The highest BCUT2D eigenvalue weighted by atomic mass is 32.1. The van der Waals surface area contributed by atoms with Gasteiger partial charge in [-0.15, -0.1) is 11.3 Å². The van der Waals surface area contributed by atoms with E-state index in [2.05, 4.69) is 4.98 Å². The van der Waals surface area contributed by atoms with Crippen LogP contribution in [0.25, 0.3) is 21.5 Å². The van der Waals surface area contributed by atoms with Gasteiger partial charge in [0.05, 0.1) is 15.7 Å². The van der Waals surface area contributed by atoms with Gasteiger partial charge < -0.3 is 9.67 Å². The van der Waals surface area contributed by atoms with E-state index < -0.39 is 5.97 Å². The third kappa shape index (κ3) is 1.60. The lowest BCUT2D eigenvalue weighted by Gasteiger charge is -2.05. The molecule has 0 fully saturated rings. The largest absolute Gasteiger partial charge is 0.477 e. The maximum absolute atomic E-state index is 11.0. The first-order valence-electron chi connectivity index (χ1n) is 5.39. The topological polar surface area (TPSA) is 55.1 Å². The number of carbonyl (C=O) groups is 1. The Balaban J connectivity index is 2.16. The minimum Gasteiger partial charge on any atom is -0.477 e. The molecule has 18 heavy (non-hydrogen) atoms. The number of benzene rings is 1. The number of rotatable bonds is 2. The molecule has 0 aliphatic heterocycles. The van der Waals surface area contributed by atoms with Crippen molar-refractivity contribution >= 4 is 27.5 Å². The van der Waals surface area contributed by atoms with Crippen molar-refractivity contribution in [1.82, 2.24) is 9.55 Å². The van der Waals surface area contributed by atoms with Crippen molar-refractivity contribution < 1.29 is 9.90 Å². The van der Waals surface area contributed by atoms with Crippen LogP contribution in [0.3, 0.4) is 0 Å². The van der Waals surface area contributed by atoms with Gasteiger partial charge in [0.1, 0.15) is 5.69 Å². The molecule has 3 aromatic rings. The molecule has 90 valence electrons. The summed E-state index contributed by atoms with van der Waals surface area (Å²) in [5.41, 5.74) is 4.96. The summed E-state index contributed by atoms with van der Waals surface area (Å²) in [7, 11) is 1.76. The first-order valence-corrected chi connectivity index (χ1v) is 6.27. The average molecular weight is 258 g/mol. The van der Waals surface area contributed by atoms with E-state index in [0.717, 1.165) is 21.5 Å². The molecule has 0 radical (unpaired) electrons. The van der Waals surface area contributed by atoms with Gasteiger partial charge in [-0.05, 0) is 29.8 Å². The van der Waals surface area contributed by atoms with Crippen LogP contribution in [0.15, 0.2) is 35.8 Å². The predicted molar refractivity (Wildman–Crippen MR) is 71.0 cm³/mol. The lowest BCUT2D eigenvalue weighted by Crippen LogP contribution is -2.04. The van der Waals surface area contributed by atoms with Crippen molar-refractivity contribution in [2.45, 2.75) is 0 Å². The fourth-order valence-electron chi connectivity index (χ4n) is 2.03. The Bertz CT molecular complexity index is 742. The fourth-order valence-corrected chi connectivity index (χ4v) is 2.75. The molecule has 0 unspecified atom stereocenters. The summed E-state index contributed by atoms with van der Waals surface area (Å²) in [6, 6.07) is 9.39. The van der Waals surface area contributed by atoms with Gasteiger partial charge in [0, 0.05) is 12.7 Å². The van der Waals surface area contributed by atoms with Gasteiger partial charge >= 0.3 is 5.97 Å². The van der Waals surface area contributed by atoms with E-state index in [1.54, 1.807) is 29.0 Å². The standard InChI is InChI=1S/C13H10N2O2S/c1-15-10(4-5-11(15)13(16)17)8-2-3-9-12(6-8)18-7-14-9/h2-7H,1H3,(H,16,17). The van der Waals surface area contributed by atoms with Crippen LogP contribution < -0.4 is 0 Å². The molecule has 1 N–H and O–H groups in total. The van der Waals surface area contributed by atoms with E-state index in [1.807, 2.05) is 29.8 Å². The highest BCUT2D eigenvalue weighted by molar-refractivity contribution is 7.16. The number of nitrogens with zero attached hydrogens (tertiary/aromatic N) is 2. The normalized spacial score (nSPS) is 10.9. The lowest BCUT2D eigenvalue weighted by atomic mass is 10.1. The molecule has 0 saturated carbocycles. The number of aromatic nitrogens is 2. The molecule has 0 amide bonds. The minimum atomic E-state index is -0.914. The van der Waals surface area contributed by atoms with E-state index >= 15 is 0 Å². The summed E-state index contributed by atoms with van der Waals surface area (Å²) in [6.45, 7) is 0. The van der Waals surface area contributed by atoms with Crippen LogP contribution in [-0.2, 0) is 7.05 Å². The maximum Gasteiger partial charge on any atom is 0.352 e. The highest BCUT2D eigenvalue weighted by Crippen LogP contribution is 2.27. The smallest absolute Gasteiger partial charge is 0.352 e. The molecule has 2 aromatic heterocycles. The van der Waals surface area contributed by atoms with Crippen LogP contribution in [-0.4, -0.2) is 20.6 Å². The number of carboxylic acid groups (broad SMARTS) is 1. The molecule has 5 heteroatoms. The molecule has 0 aliphatic carbocycles. The molecule has 0 spiro atoms. The number of hydrogen-bond acceptors (Lipinski definition) is 3. The molecule has 0 saturated heterocycles. The molecular formula is C13H10N2O2S. The summed E-state index contributed by atoms with van der Waals surface area (Å²) in [5, 5.41) is 9.04. The number of thiazole rings is 1. The molecule has 3 rings (SSSR count). The van der Waals surface area contributed by atoms with Gasteiger partial charge in [-0.2, -0.15) is 0 Å². The lowest BCUT2D eigenvalue weighted by molar-refractivity contribution is 0.0687. The van der Waals surface area contributed by atoms with E-state index in [4.69, 9.17) is 5.11 Å². The maximum atomic E-state index is 11.0. The van der Waals surface area contributed by atoms with E-state index in [9.17, 15) is 4.79 Å². The van der Waals surface area contributed by atoms with Gasteiger partial charge in [-0.3, -0.25) is 0 Å². The van der Waals surface area contributed by atoms with E-state index in [0.29, 0.717) is 0 Å². The van der Waals surface area contributed by atoms with Crippen molar-refractivity contribution in [3.8, 4) is 11.3 Å². The van der Waals surface area contributed by atoms with Crippen molar-refractivity contribution in [3.63, 3.8) is 0 Å². The molecule has 0 atom stereocenters. The van der Waals surface area contributed by atoms with Crippen molar-refractivity contribution in [2.75, 3.05) is 0 Å². The minimum absolute atomic E-state index is 0.286. The monoisotopic (exact) mass is 258 g/mol. The number of fused-ring (bicyclic) bond motifs is 1. The predicted octanol–water partition coefficient (Wildman–Crippen LogP) is 3.00. The molecule has 0 aliphatic rings. The van der Waals surface area contributed by atoms with Crippen LogP contribution in [0.1, 0.15) is 10.5 Å². The Morgan fingerprint density at radius 2 is 2.17 bits per heavy atom. The zero-order valence-electron chi connectivity index (χ0n) is 9.62. The van der Waals surface area contributed by atoms with Crippen molar-refractivity contribution in [1.29, 1.82) is 0 Å². The van der Waals surface area contributed by atoms with E-state index in [-0.39, 0.29) is 5.69 Å². The van der Waals surface area contributed by atoms with Gasteiger partial charge in [-0.1, -0.05) is 6.07 Å². The number of carboxylic acids is 1. The number of aromatic carboxylic acids is 1. The third-order valence-corrected chi connectivity index (χ3v) is 3.76. The zero-order valence-corrected chi connectivity index (χ0v) is 10.4. The summed E-state index contributed by atoms with van der Waals surface area (Å²) in [6.07, 6.45) is 0. The second kappa shape index (κ2) is 3.96. The second-order valence-electron chi connectivity index (χ2n) is 4.00. The van der Waals surface area contributed by atoms with Crippen molar-refractivity contribution in [3.05, 3.63) is 41.5 Å². The SMILES string of the molecule is Cn1c(C(=O)O)ccc1-c1ccc2ncsc2c1. The van der Waals surface area contributed by atoms with Crippen LogP contribution in [0.5, 0.6) is 0 Å². The van der Waals surface area contributed by atoms with Crippen LogP contribution in [0.2, 0.25) is 0 Å². The molecule has 0 bridgehead atoms. The Morgan fingerprint density at radius 3 is 2.89 bits per heavy atom. The quantitative estimate of drug-likeness (QED) is 0.768. The van der Waals surface area contributed by atoms with E-state index in [1.165, 1.54) is 0 Å². The van der Waals surface area contributed by atoms with Gasteiger partial charge in [0.15, 0.2) is 0 Å². The summed E-state index contributed by atoms with van der Waals surface area (Å²) >= 11 is 1.58. The molecular weight excluding hydrogens is 248 g/mol. The molecule has 4 nitrogen and oxygen atoms in total. The van der Waals surface area contributed by atoms with Crippen molar-refractivity contribution in [2.24, 2.45) is 7.05 Å².